The number of hydrogen-bond donors (Lipinski definition) is 2. The summed E-state index contributed by atoms with van der Waals surface area (Å²) in [4.78, 5) is 14.1. The Balaban J connectivity index is 2.18. The van der Waals surface area contributed by atoms with Gasteiger partial charge in [0, 0.05) is 23.6 Å². The summed E-state index contributed by atoms with van der Waals surface area (Å²) in [5.41, 5.74) is 6.14. The number of nitrogens with one attached hydrogen (secondary N) is 1. The Morgan fingerprint density at radius 2 is 2.44 bits per heavy atom. The predicted molar refractivity (Wildman–Crippen MR) is 65.4 cm³/mol. The summed E-state index contributed by atoms with van der Waals surface area (Å²) in [6.45, 7) is 5.00. The van der Waals surface area contributed by atoms with Crippen molar-refractivity contribution < 1.29 is 4.79 Å². The lowest BCUT2D eigenvalue weighted by Crippen LogP contribution is -2.48. The molecule has 1 aromatic rings. The number of aromatic nitrogens is 2. The molecule has 2 rings (SSSR count). The van der Waals surface area contributed by atoms with Crippen LogP contribution in [0, 0.1) is 0 Å². The fraction of sp³-hybridized carbons (Fsp3) is 0.600. The molecule has 0 bridgehead atoms. The topological polar surface area (TPSA) is 75.0 Å². The van der Waals surface area contributed by atoms with E-state index < -0.39 is 0 Å². The Morgan fingerprint density at radius 1 is 1.69 bits per heavy atom. The number of aromatic amines is 1. The van der Waals surface area contributed by atoms with Crippen LogP contribution >= 0.6 is 11.8 Å². The maximum Gasteiger partial charge on any atom is 0.259 e. The number of nitrogens with zero attached hydrogens (tertiary/aromatic N) is 2. The molecule has 0 saturated carbocycles. The number of carbonyl (C=O) groups is 1. The number of nitrogens with two attached hydrogens (primary N) is 1. The number of nitrogen functional groups attached to an aromatic ring is 1. The molecule has 1 saturated heterocycles. The number of carbonyl (C=O) groups excluding carboxylic acids is 1. The van der Waals surface area contributed by atoms with Crippen molar-refractivity contribution in [1.82, 2.24) is 15.1 Å². The Kier molecular flexibility index (Phi) is 3.09. The second-order valence-electron chi connectivity index (χ2n) is 4.01. The van der Waals surface area contributed by atoms with Crippen molar-refractivity contribution in [1.29, 1.82) is 0 Å². The third kappa shape index (κ3) is 1.89. The minimum Gasteiger partial charge on any atom is -0.383 e. The molecule has 2 unspecified atom stereocenters. The molecule has 0 aromatic carbocycles. The highest BCUT2D eigenvalue weighted by Crippen LogP contribution is 2.26. The number of amides is 1. The standard InChI is InChI=1S/C10H16N4OS/c1-6-7(2)16-4-3-14(6)10(15)8-5-12-13-9(8)11/h5-7H,3-4H2,1-2H3,(H3,11,12,13). The van der Waals surface area contributed by atoms with Gasteiger partial charge in [-0.15, -0.1) is 0 Å². The molecule has 6 heteroatoms. The lowest BCUT2D eigenvalue weighted by molar-refractivity contribution is 0.0699. The highest BCUT2D eigenvalue weighted by molar-refractivity contribution is 8.00. The summed E-state index contributed by atoms with van der Waals surface area (Å²) >= 11 is 1.90. The molecule has 1 amide bonds. The average molecular weight is 240 g/mol. The summed E-state index contributed by atoms with van der Waals surface area (Å²) in [5.74, 6) is 1.31. The summed E-state index contributed by atoms with van der Waals surface area (Å²) < 4.78 is 0. The molecule has 88 valence electrons. The van der Waals surface area contributed by atoms with Crippen molar-refractivity contribution in [2.75, 3.05) is 18.0 Å². The van der Waals surface area contributed by atoms with E-state index in [9.17, 15) is 4.79 Å². The van der Waals surface area contributed by atoms with Crippen LogP contribution in [0.3, 0.4) is 0 Å². The molecular formula is C10H16N4OS. The van der Waals surface area contributed by atoms with Gasteiger partial charge in [0.25, 0.3) is 5.91 Å². The molecule has 1 aromatic heterocycles. The Labute approximate surface area is 98.8 Å². The van der Waals surface area contributed by atoms with Gasteiger partial charge in [-0.3, -0.25) is 9.89 Å². The molecule has 16 heavy (non-hydrogen) atoms. The van der Waals surface area contributed by atoms with Crippen LogP contribution in [0.15, 0.2) is 6.20 Å². The molecule has 0 spiro atoms. The fourth-order valence-electron chi connectivity index (χ4n) is 1.84. The van der Waals surface area contributed by atoms with E-state index in [1.54, 1.807) is 0 Å². The van der Waals surface area contributed by atoms with Crippen molar-refractivity contribution >= 4 is 23.5 Å². The van der Waals surface area contributed by atoms with Crippen LogP contribution in [0.25, 0.3) is 0 Å². The quantitative estimate of drug-likeness (QED) is 0.766. The van der Waals surface area contributed by atoms with E-state index in [-0.39, 0.29) is 11.9 Å². The van der Waals surface area contributed by atoms with E-state index in [1.807, 2.05) is 16.7 Å². The third-order valence-corrected chi connectivity index (χ3v) is 4.38. The normalized spacial score (nSPS) is 25.8. The number of H-pyrrole nitrogens is 1. The van der Waals surface area contributed by atoms with Crippen LogP contribution in [0.5, 0.6) is 0 Å². The zero-order chi connectivity index (χ0) is 11.7. The van der Waals surface area contributed by atoms with Gasteiger partial charge in [0.2, 0.25) is 0 Å². The van der Waals surface area contributed by atoms with Crippen molar-refractivity contribution in [3.63, 3.8) is 0 Å². The van der Waals surface area contributed by atoms with E-state index in [4.69, 9.17) is 5.73 Å². The van der Waals surface area contributed by atoms with Gasteiger partial charge >= 0.3 is 0 Å². The number of hydrogen-bond acceptors (Lipinski definition) is 4. The molecule has 2 atom stereocenters. The lowest BCUT2D eigenvalue weighted by Gasteiger charge is -2.37. The third-order valence-electron chi connectivity index (χ3n) is 3.04. The first-order valence-corrected chi connectivity index (χ1v) is 6.37. The molecule has 0 radical (unpaired) electrons. The van der Waals surface area contributed by atoms with Crippen LogP contribution in [0.2, 0.25) is 0 Å². The zero-order valence-corrected chi connectivity index (χ0v) is 10.3. The minimum atomic E-state index is -0.0223. The number of rotatable bonds is 1. The van der Waals surface area contributed by atoms with Crippen molar-refractivity contribution in [3.8, 4) is 0 Å². The van der Waals surface area contributed by atoms with E-state index in [0.29, 0.717) is 16.6 Å². The molecule has 2 heterocycles. The summed E-state index contributed by atoms with van der Waals surface area (Å²) in [7, 11) is 0. The van der Waals surface area contributed by atoms with Crippen molar-refractivity contribution in [2.24, 2.45) is 0 Å². The van der Waals surface area contributed by atoms with Crippen LogP contribution in [-0.2, 0) is 0 Å². The average Bonchev–Trinajstić information content (AvgIpc) is 2.68. The highest BCUT2D eigenvalue weighted by Gasteiger charge is 2.30. The van der Waals surface area contributed by atoms with Gasteiger partial charge in [-0.25, -0.2) is 0 Å². The number of thioether (sulfide) groups is 1. The molecule has 1 aliphatic heterocycles. The Morgan fingerprint density at radius 3 is 3.06 bits per heavy atom. The maximum atomic E-state index is 12.2. The maximum absolute atomic E-state index is 12.2. The smallest absolute Gasteiger partial charge is 0.259 e. The van der Waals surface area contributed by atoms with E-state index in [2.05, 4.69) is 24.0 Å². The first kappa shape index (κ1) is 11.3. The van der Waals surface area contributed by atoms with E-state index in [0.717, 1.165) is 12.3 Å². The van der Waals surface area contributed by atoms with Gasteiger partial charge in [0.1, 0.15) is 11.4 Å². The Bertz CT molecular complexity index is 392. The zero-order valence-electron chi connectivity index (χ0n) is 9.43. The molecule has 3 N–H and O–H groups in total. The van der Waals surface area contributed by atoms with E-state index in [1.165, 1.54) is 6.20 Å². The molecule has 5 nitrogen and oxygen atoms in total. The summed E-state index contributed by atoms with van der Waals surface area (Å²) in [6, 6.07) is 0.237. The van der Waals surface area contributed by atoms with E-state index >= 15 is 0 Å². The predicted octanol–water partition coefficient (Wildman–Crippen LogP) is 0.958. The van der Waals surface area contributed by atoms with Gasteiger partial charge in [0.15, 0.2) is 0 Å². The summed E-state index contributed by atoms with van der Waals surface area (Å²) in [6.07, 6.45) is 1.50. The monoisotopic (exact) mass is 240 g/mol. The van der Waals surface area contributed by atoms with Gasteiger partial charge in [-0.2, -0.15) is 16.9 Å². The van der Waals surface area contributed by atoms with Gasteiger partial charge in [-0.05, 0) is 6.92 Å². The molecule has 1 fully saturated rings. The second-order valence-corrected chi connectivity index (χ2v) is 5.50. The number of anilines is 1. The van der Waals surface area contributed by atoms with Crippen LogP contribution in [-0.4, -0.2) is 44.6 Å². The first-order valence-electron chi connectivity index (χ1n) is 5.32. The fourth-order valence-corrected chi connectivity index (χ4v) is 2.94. The van der Waals surface area contributed by atoms with Gasteiger partial charge in [0.05, 0.1) is 6.20 Å². The van der Waals surface area contributed by atoms with Crippen molar-refractivity contribution in [2.45, 2.75) is 25.1 Å². The largest absolute Gasteiger partial charge is 0.383 e. The lowest BCUT2D eigenvalue weighted by atomic mass is 10.1. The van der Waals surface area contributed by atoms with Gasteiger partial charge in [-0.1, -0.05) is 6.92 Å². The molecule has 0 aliphatic carbocycles. The first-order chi connectivity index (χ1) is 7.61. The highest BCUT2D eigenvalue weighted by atomic mass is 32.2. The van der Waals surface area contributed by atoms with Crippen LogP contribution in [0.1, 0.15) is 24.2 Å². The minimum absolute atomic E-state index is 0.0223. The SMILES string of the molecule is CC1SCCN(C(=O)c2cn[nH]c2N)C1C. The Hall–Kier alpha value is -1.17. The van der Waals surface area contributed by atoms with Crippen LogP contribution in [0.4, 0.5) is 5.82 Å². The van der Waals surface area contributed by atoms with Crippen molar-refractivity contribution in [3.05, 3.63) is 11.8 Å². The summed E-state index contributed by atoms with van der Waals surface area (Å²) in [5, 5.41) is 6.83. The van der Waals surface area contributed by atoms with Gasteiger partial charge < -0.3 is 10.6 Å². The molecular weight excluding hydrogens is 224 g/mol. The second kappa shape index (κ2) is 4.37. The van der Waals surface area contributed by atoms with Crippen LogP contribution < -0.4 is 5.73 Å². The molecule has 1 aliphatic rings.